The van der Waals surface area contributed by atoms with Crippen molar-refractivity contribution in [2.75, 3.05) is 0 Å². The molecular weight excluding hydrogens is 753 g/mol. The highest BCUT2D eigenvalue weighted by Crippen LogP contribution is 2.56. The number of nitrogens with zero attached hydrogens (tertiary/aromatic N) is 4. The fourth-order valence-corrected chi connectivity index (χ4v) is 9.75. The molecule has 11 rings (SSSR count). The van der Waals surface area contributed by atoms with E-state index in [1.165, 1.54) is 69.3 Å². The van der Waals surface area contributed by atoms with Gasteiger partial charge in [0.1, 0.15) is 0 Å². The monoisotopic (exact) mass is 794 g/mol. The zero-order valence-electron chi connectivity index (χ0n) is 34.3. The summed E-state index contributed by atoms with van der Waals surface area (Å²) in [5.41, 5.74) is 18.4. The first-order valence-corrected chi connectivity index (χ1v) is 21.6. The molecule has 0 radical (unpaired) electrons. The third-order valence-electron chi connectivity index (χ3n) is 13.0. The van der Waals surface area contributed by atoms with Crippen LogP contribution in [0.15, 0.2) is 194 Å². The minimum atomic E-state index is 0.00656. The molecule has 0 N–H and O–H groups in total. The summed E-state index contributed by atoms with van der Waals surface area (Å²) in [4.78, 5) is 14.9. The van der Waals surface area contributed by atoms with Gasteiger partial charge in [-0.2, -0.15) is 5.26 Å². The summed E-state index contributed by atoms with van der Waals surface area (Å²) in [6, 6.07) is 70.9. The molecule has 0 atom stereocenters. The van der Waals surface area contributed by atoms with Crippen molar-refractivity contribution < 1.29 is 0 Å². The summed E-state index contributed by atoms with van der Waals surface area (Å²) < 4.78 is 0. The van der Waals surface area contributed by atoms with E-state index in [0.717, 1.165) is 51.8 Å². The minimum Gasteiger partial charge on any atom is -0.208 e. The molecule has 294 valence electrons. The molecule has 0 bridgehead atoms. The van der Waals surface area contributed by atoms with Crippen LogP contribution in [-0.2, 0) is 5.41 Å². The van der Waals surface area contributed by atoms with Gasteiger partial charge in [0.05, 0.1) is 11.6 Å². The van der Waals surface area contributed by atoms with Crippen molar-refractivity contribution in [1.29, 1.82) is 5.26 Å². The van der Waals surface area contributed by atoms with Crippen LogP contribution in [0, 0.1) is 11.3 Å². The van der Waals surface area contributed by atoms with Crippen LogP contribution in [0.1, 0.15) is 48.8 Å². The second kappa shape index (κ2) is 15.7. The van der Waals surface area contributed by atoms with Gasteiger partial charge in [0, 0.05) is 22.1 Å². The summed E-state index contributed by atoms with van der Waals surface area (Å²) >= 11 is 0. The van der Waals surface area contributed by atoms with E-state index in [1.54, 1.807) is 0 Å². The fourth-order valence-electron chi connectivity index (χ4n) is 9.75. The summed E-state index contributed by atoms with van der Waals surface area (Å²) in [5.74, 6) is 1.93. The molecular formula is C58H42N4. The Morgan fingerprint density at radius 1 is 0.339 bits per heavy atom. The van der Waals surface area contributed by atoms with Crippen molar-refractivity contribution in [1.82, 2.24) is 15.0 Å². The summed E-state index contributed by atoms with van der Waals surface area (Å²) in [6.07, 6.45) is 6.02. The van der Waals surface area contributed by atoms with Crippen molar-refractivity contribution in [3.05, 3.63) is 211 Å². The molecule has 1 spiro atoms. The smallest absolute Gasteiger partial charge is 0.164 e. The van der Waals surface area contributed by atoms with Crippen LogP contribution < -0.4 is 0 Å². The standard InChI is InChI=1S/C58H42N4/c59-38-39-14-32-51-52-33-31-50(37-54(52)58(53(51)36-39)34-8-3-9-35-58)46-21-19-44(20-22-46)42-15-17-43(18-16-42)45-25-29-49(30-26-45)57-61-55(47-12-6-2-7-13-47)60-56(62-57)48-27-23-41(24-28-48)40-10-4-1-5-11-40/h1-2,4-7,10-33,36-37H,3,8-9,34-35H2. The predicted molar refractivity (Wildman–Crippen MR) is 252 cm³/mol. The first-order chi connectivity index (χ1) is 30.6. The highest BCUT2D eigenvalue weighted by atomic mass is 15.0. The third kappa shape index (κ3) is 6.79. The molecule has 2 aliphatic rings. The summed E-state index contributed by atoms with van der Waals surface area (Å²) in [5, 5.41) is 9.72. The van der Waals surface area contributed by atoms with E-state index in [9.17, 15) is 5.26 Å². The number of hydrogen-bond donors (Lipinski definition) is 0. The van der Waals surface area contributed by atoms with Crippen LogP contribution in [0.3, 0.4) is 0 Å². The highest BCUT2D eigenvalue weighted by Gasteiger charge is 2.44. The SMILES string of the molecule is N#Cc1ccc2c(c1)C1(CCCCC1)c1cc(-c3ccc(-c4ccc(-c5ccc(-c6nc(-c7ccccc7)nc(-c7ccc(-c8ccccc8)cc7)n6)cc5)cc4)cc3)ccc1-2. The first-order valence-electron chi connectivity index (χ1n) is 21.6. The van der Waals surface area contributed by atoms with Crippen LogP contribution >= 0.6 is 0 Å². The fraction of sp³-hybridized carbons (Fsp3) is 0.103. The number of fused-ring (bicyclic) bond motifs is 5. The van der Waals surface area contributed by atoms with Crippen LogP contribution in [0.4, 0.5) is 0 Å². The molecule has 1 saturated carbocycles. The maximum atomic E-state index is 9.72. The third-order valence-corrected chi connectivity index (χ3v) is 13.0. The number of nitriles is 1. The van der Waals surface area contributed by atoms with Gasteiger partial charge in [0.25, 0.3) is 0 Å². The Morgan fingerprint density at radius 2 is 0.677 bits per heavy atom. The number of aromatic nitrogens is 3. The molecule has 1 fully saturated rings. The van der Waals surface area contributed by atoms with Crippen LogP contribution in [0.2, 0.25) is 0 Å². The van der Waals surface area contributed by atoms with Gasteiger partial charge in [-0.3, -0.25) is 0 Å². The van der Waals surface area contributed by atoms with E-state index < -0.39 is 0 Å². The van der Waals surface area contributed by atoms with Gasteiger partial charge in [-0.1, -0.05) is 195 Å². The zero-order chi connectivity index (χ0) is 41.5. The molecule has 1 heterocycles. The van der Waals surface area contributed by atoms with E-state index in [0.29, 0.717) is 17.5 Å². The van der Waals surface area contributed by atoms with E-state index in [4.69, 9.17) is 15.0 Å². The Morgan fingerprint density at radius 3 is 1.13 bits per heavy atom. The molecule has 0 amide bonds. The van der Waals surface area contributed by atoms with E-state index >= 15 is 0 Å². The normalized spacial score (nSPS) is 13.6. The molecule has 0 saturated heterocycles. The lowest BCUT2D eigenvalue weighted by Crippen LogP contribution is -2.28. The Balaban J connectivity index is 0.835. The van der Waals surface area contributed by atoms with Gasteiger partial charge in [-0.25, -0.2) is 15.0 Å². The maximum Gasteiger partial charge on any atom is 0.164 e. The van der Waals surface area contributed by atoms with Gasteiger partial charge in [-0.15, -0.1) is 0 Å². The topological polar surface area (TPSA) is 62.5 Å². The molecule has 62 heavy (non-hydrogen) atoms. The average Bonchev–Trinajstić information content (AvgIpc) is 3.61. The summed E-state index contributed by atoms with van der Waals surface area (Å²) in [7, 11) is 0. The minimum absolute atomic E-state index is 0.00656. The van der Waals surface area contributed by atoms with Gasteiger partial charge in [-0.05, 0) is 97.8 Å². The van der Waals surface area contributed by atoms with Gasteiger partial charge < -0.3 is 0 Å². The van der Waals surface area contributed by atoms with Crippen molar-refractivity contribution in [3.8, 4) is 95.9 Å². The van der Waals surface area contributed by atoms with E-state index in [2.05, 4.69) is 158 Å². The quantitative estimate of drug-likeness (QED) is 0.161. The maximum absolute atomic E-state index is 9.72. The van der Waals surface area contributed by atoms with Crippen molar-refractivity contribution in [2.24, 2.45) is 0 Å². The lowest BCUT2D eigenvalue weighted by atomic mass is 9.67. The zero-order valence-corrected chi connectivity index (χ0v) is 34.3. The Labute approximate surface area is 362 Å². The van der Waals surface area contributed by atoms with Gasteiger partial charge in [0.2, 0.25) is 0 Å². The molecule has 0 unspecified atom stereocenters. The van der Waals surface area contributed by atoms with Gasteiger partial charge in [0.15, 0.2) is 17.5 Å². The number of rotatable bonds is 7. The Hall–Kier alpha value is -7.74. The van der Waals surface area contributed by atoms with Gasteiger partial charge >= 0.3 is 0 Å². The number of benzene rings is 8. The van der Waals surface area contributed by atoms with E-state index in [1.807, 2.05) is 42.5 Å². The first kappa shape index (κ1) is 37.3. The van der Waals surface area contributed by atoms with Crippen LogP contribution in [0.25, 0.3) is 89.8 Å². The average molecular weight is 795 g/mol. The van der Waals surface area contributed by atoms with Crippen molar-refractivity contribution in [2.45, 2.75) is 37.5 Å². The molecule has 8 aromatic carbocycles. The second-order valence-electron chi connectivity index (χ2n) is 16.6. The van der Waals surface area contributed by atoms with Crippen LogP contribution in [-0.4, -0.2) is 15.0 Å². The lowest BCUT2D eigenvalue weighted by Gasteiger charge is -2.36. The van der Waals surface area contributed by atoms with Crippen molar-refractivity contribution >= 4 is 0 Å². The summed E-state index contributed by atoms with van der Waals surface area (Å²) in [6.45, 7) is 0. The molecule has 2 aliphatic carbocycles. The Kier molecular flexibility index (Phi) is 9.44. The van der Waals surface area contributed by atoms with Crippen LogP contribution in [0.5, 0.6) is 0 Å². The second-order valence-corrected chi connectivity index (χ2v) is 16.6. The lowest BCUT2D eigenvalue weighted by molar-refractivity contribution is 0.353. The Bertz CT molecular complexity index is 3110. The van der Waals surface area contributed by atoms with E-state index in [-0.39, 0.29) is 5.41 Å². The molecule has 1 aromatic heterocycles. The molecule has 4 nitrogen and oxygen atoms in total. The highest BCUT2D eigenvalue weighted by molar-refractivity contribution is 5.85. The van der Waals surface area contributed by atoms with Crippen molar-refractivity contribution in [3.63, 3.8) is 0 Å². The molecule has 4 heteroatoms. The number of hydrogen-bond acceptors (Lipinski definition) is 4. The largest absolute Gasteiger partial charge is 0.208 e. The molecule has 0 aliphatic heterocycles. The molecule has 9 aromatic rings. The predicted octanol–water partition coefficient (Wildman–Crippen LogP) is 14.6.